The van der Waals surface area contributed by atoms with E-state index in [1.807, 2.05) is 0 Å². The van der Waals surface area contributed by atoms with Crippen LogP contribution >= 0.6 is 23.1 Å². The van der Waals surface area contributed by atoms with Crippen LogP contribution < -0.4 is 16.2 Å². The van der Waals surface area contributed by atoms with E-state index in [1.165, 1.54) is 0 Å². The van der Waals surface area contributed by atoms with Crippen LogP contribution in [0.15, 0.2) is 5.16 Å². The van der Waals surface area contributed by atoms with E-state index >= 15 is 0 Å². The number of aromatic nitrogens is 2. The smallest absolute Gasteiger partial charge is 0.422 e. The molecule has 1 amide bonds. The predicted octanol–water partition coefficient (Wildman–Crippen LogP) is 2.04. The number of nitrogen functional groups attached to an aromatic ring is 1. The van der Waals surface area contributed by atoms with E-state index in [-0.39, 0.29) is 31.8 Å². The van der Waals surface area contributed by atoms with Crippen LogP contribution in [0.1, 0.15) is 9.67 Å². The van der Waals surface area contributed by atoms with E-state index in [2.05, 4.69) is 14.7 Å². The van der Waals surface area contributed by atoms with E-state index < -0.39 is 18.7 Å². The Morgan fingerprint density at radius 1 is 1.43 bits per heavy atom. The number of primary amides is 1. The number of nitrogens with zero attached hydrogens (tertiary/aromatic N) is 2. The van der Waals surface area contributed by atoms with Gasteiger partial charge in [-0.1, -0.05) is 11.8 Å². The first-order chi connectivity index (χ1) is 9.73. The number of carbonyl (C=O) groups is 1. The highest BCUT2D eigenvalue weighted by atomic mass is 32.2. The minimum absolute atomic E-state index is 0.00871. The first-order valence-electron chi connectivity index (χ1n) is 5.36. The van der Waals surface area contributed by atoms with Gasteiger partial charge < -0.3 is 16.2 Å². The molecule has 114 valence electrons. The quantitative estimate of drug-likeness (QED) is 0.653. The first kappa shape index (κ1) is 15.6. The van der Waals surface area contributed by atoms with Gasteiger partial charge in [0.2, 0.25) is 5.88 Å². The summed E-state index contributed by atoms with van der Waals surface area (Å²) in [6.45, 7) is -1.52. The summed E-state index contributed by atoms with van der Waals surface area (Å²) < 4.78 is 41.5. The van der Waals surface area contributed by atoms with Crippen molar-refractivity contribution >= 4 is 44.9 Å². The van der Waals surface area contributed by atoms with Gasteiger partial charge in [-0.05, 0) is 6.26 Å². The third kappa shape index (κ3) is 3.29. The molecule has 0 spiro atoms. The van der Waals surface area contributed by atoms with Crippen molar-refractivity contribution in [3.63, 3.8) is 0 Å². The lowest BCUT2D eigenvalue weighted by molar-refractivity contribution is -0.153. The summed E-state index contributed by atoms with van der Waals surface area (Å²) in [5.41, 5.74) is 10.8. The molecule has 0 atom stereocenters. The number of rotatable bonds is 4. The third-order valence-electron chi connectivity index (χ3n) is 2.31. The van der Waals surface area contributed by atoms with Crippen LogP contribution in [-0.2, 0) is 0 Å². The second-order valence-electron chi connectivity index (χ2n) is 3.81. The topological polar surface area (TPSA) is 104 Å². The molecule has 0 saturated heterocycles. The molecule has 21 heavy (non-hydrogen) atoms. The summed E-state index contributed by atoms with van der Waals surface area (Å²) in [7, 11) is 0. The second-order valence-corrected chi connectivity index (χ2v) is 5.58. The number of ether oxygens (including phenoxy) is 1. The van der Waals surface area contributed by atoms with Crippen molar-refractivity contribution in [2.24, 2.45) is 5.73 Å². The Labute approximate surface area is 124 Å². The van der Waals surface area contributed by atoms with Crippen LogP contribution in [-0.4, -0.2) is 34.9 Å². The molecule has 0 unspecified atom stereocenters. The summed E-state index contributed by atoms with van der Waals surface area (Å²) in [6.07, 6.45) is -2.87. The molecule has 0 bridgehead atoms. The summed E-state index contributed by atoms with van der Waals surface area (Å²) in [6, 6.07) is 0. The standard InChI is InChI=1S/C10H9F3N4O2S2/c1-20-9-16-7(19-2-10(11,12)13)3-4(14)5(6(15)18)21-8(3)17-9/h2,14H2,1H3,(H2,15,18). The fourth-order valence-corrected chi connectivity index (χ4v) is 2.85. The lowest BCUT2D eigenvalue weighted by Crippen LogP contribution is -2.20. The number of hydrogen-bond donors (Lipinski definition) is 2. The van der Waals surface area contributed by atoms with Crippen LogP contribution in [0.4, 0.5) is 18.9 Å². The van der Waals surface area contributed by atoms with Crippen molar-refractivity contribution in [2.75, 3.05) is 18.6 Å². The van der Waals surface area contributed by atoms with Gasteiger partial charge in [0.15, 0.2) is 11.8 Å². The Balaban J connectivity index is 2.58. The Bertz CT molecular complexity index is 702. The number of hydrogen-bond acceptors (Lipinski definition) is 7. The Kier molecular flexibility index (Phi) is 4.14. The molecule has 11 heteroatoms. The number of fused-ring (bicyclic) bond motifs is 1. The molecule has 0 saturated carbocycles. The van der Waals surface area contributed by atoms with Gasteiger partial charge in [-0.15, -0.1) is 11.3 Å². The Morgan fingerprint density at radius 3 is 2.62 bits per heavy atom. The van der Waals surface area contributed by atoms with Gasteiger partial charge in [0.1, 0.15) is 9.71 Å². The van der Waals surface area contributed by atoms with Crippen LogP contribution in [0.5, 0.6) is 5.88 Å². The summed E-state index contributed by atoms with van der Waals surface area (Å²) in [5.74, 6) is -1.11. The highest BCUT2D eigenvalue weighted by Gasteiger charge is 2.30. The lowest BCUT2D eigenvalue weighted by Gasteiger charge is -2.10. The minimum atomic E-state index is -4.52. The van der Waals surface area contributed by atoms with Gasteiger partial charge in [0, 0.05) is 0 Å². The molecule has 2 aromatic rings. The second kappa shape index (κ2) is 5.56. The van der Waals surface area contributed by atoms with Crippen molar-refractivity contribution in [3.05, 3.63) is 4.88 Å². The van der Waals surface area contributed by atoms with Crippen molar-refractivity contribution < 1.29 is 22.7 Å². The molecule has 0 aliphatic carbocycles. The van der Waals surface area contributed by atoms with Gasteiger partial charge in [0.25, 0.3) is 5.91 Å². The number of thiophene rings is 1. The monoisotopic (exact) mass is 338 g/mol. The van der Waals surface area contributed by atoms with Crippen molar-refractivity contribution in [1.29, 1.82) is 0 Å². The van der Waals surface area contributed by atoms with Crippen LogP contribution in [0.2, 0.25) is 0 Å². The SMILES string of the molecule is CSc1nc(OCC(F)(F)F)c2c(N)c(C(N)=O)sc2n1. The number of thioether (sulfide) groups is 1. The molecular weight excluding hydrogens is 329 g/mol. The van der Waals surface area contributed by atoms with Gasteiger partial charge in [0.05, 0.1) is 11.1 Å². The number of anilines is 1. The van der Waals surface area contributed by atoms with Crippen molar-refractivity contribution in [3.8, 4) is 5.88 Å². The zero-order valence-electron chi connectivity index (χ0n) is 10.5. The van der Waals surface area contributed by atoms with E-state index in [0.29, 0.717) is 0 Å². The van der Waals surface area contributed by atoms with Crippen LogP contribution in [0, 0.1) is 0 Å². The van der Waals surface area contributed by atoms with E-state index in [0.717, 1.165) is 23.1 Å². The van der Waals surface area contributed by atoms with E-state index in [9.17, 15) is 18.0 Å². The molecule has 0 aliphatic heterocycles. The molecule has 0 aliphatic rings. The fourth-order valence-electron chi connectivity index (χ4n) is 1.50. The predicted molar refractivity (Wildman–Crippen MR) is 73.7 cm³/mol. The maximum Gasteiger partial charge on any atom is 0.422 e. The summed E-state index contributed by atoms with van der Waals surface area (Å²) in [5, 5.41) is 0.271. The average molecular weight is 338 g/mol. The summed E-state index contributed by atoms with van der Waals surface area (Å²) in [4.78, 5) is 19.5. The molecule has 0 radical (unpaired) electrons. The van der Waals surface area contributed by atoms with Crippen LogP contribution in [0.3, 0.4) is 0 Å². The third-order valence-corrected chi connectivity index (χ3v) is 3.98. The Morgan fingerprint density at radius 2 is 2.10 bits per heavy atom. The molecule has 2 aromatic heterocycles. The number of alkyl halides is 3. The molecule has 6 nitrogen and oxygen atoms in total. The number of amides is 1. The van der Waals surface area contributed by atoms with Gasteiger partial charge >= 0.3 is 6.18 Å². The van der Waals surface area contributed by atoms with Gasteiger partial charge in [-0.25, -0.2) is 4.98 Å². The van der Waals surface area contributed by atoms with Crippen molar-refractivity contribution in [1.82, 2.24) is 9.97 Å². The van der Waals surface area contributed by atoms with Crippen LogP contribution in [0.25, 0.3) is 10.2 Å². The summed E-state index contributed by atoms with van der Waals surface area (Å²) >= 11 is 2.00. The van der Waals surface area contributed by atoms with E-state index in [1.54, 1.807) is 6.26 Å². The molecular formula is C10H9F3N4O2S2. The number of halogens is 3. The minimum Gasteiger partial charge on any atom is -0.467 e. The molecule has 0 fully saturated rings. The highest BCUT2D eigenvalue weighted by molar-refractivity contribution is 7.98. The highest BCUT2D eigenvalue weighted by Crippen LogP contribution is 2.38. The van der Waals surface area contributed by atoms with E-state index in [4.69, 9.17) is 11.5 Å². The lowest BCUT2D eigenvalue weighted by atomic mass is 10.3. The normalized spacial score (nSPS) is 11.8. The Hall–Kier alpha value is -1.75. The first-order valence-corrected chi connectivity index (χ1v) is 7.40. The number of nitrogens with two attached hydrogens (primary N) is 2. The maximum atomic E-state index is 12.3. The molecule has 0 aromatic carbocycles. The molecule has 2 heterocycles. The average Bonchev–Trinajstić information content (AvgIpc) is 2.72. The van der Waals surface area contributed by atoms with Gasteiger partial charge in [-0.2, -0.15) is 18.2 Å². The largest absolute Gasteiger partial charge is 0.467 e. The molecule has 4 N–H and O–H groups in total. The molecule has 2 rings (SSSR count). The number of carbonyl (C=O) groups excluding carboxylic acids is 1. The maximum absolute atomic E-state index is 12.3. The zero-order valence-corrected chi connectivity index (χ0v) is 12.2. The van der Waals surface area contributed by atoms with Crippen molar-refractivity contribution in [2.45, 2.75) is 11.3 Å². The van der Waals surface area contributed by atoms with Gasteiger partial charge in [-0.3, -0.25) is 4.79 Å². The fraction of sp³-hybridized carbons (Fsp3) is 0.300. The zero-order chi connectivity index (χ0) is 15.8.